The summed E-state index contributed by atoms with van der Waals surface area (Å²) in [6, 6.07) is 2.69. The summed E-state index contributed by atoms with van der Waals surface area (Å²) >= 11 is 0. The monoisotopic (exact) mass is 290 g/mol. The van der Waals surface area contributed by atoms with Crippen LogP contribution in [0, 0.1) is 0 Å². The number of hydrogen-bond donors (Lipinski definition) is 3. The fourth-order valence-corrected chi connectivity index (χ4v) is 1.96. The van der Waals surface area contributed by atoms with Gasteiger partial charge >= 0.3 is 0 Å². The van der Waals surface area contributed by atoms with Crippen molar-refractivity contribution in [1.82, 2.24) is 15.6 Å². The second-order valence-electron chi connectivity index (χ2n) is 4.84. The zero-order chi connectivity index (χ0) is 15.2. The summed E-state index contributed by atoms with van der Waals surface area (Å²) in [7, 11) is 0. The summed E-state index contributed by atoms with van der Waals surface area (Å²) in [5, 5.41) is 7.91. The third-order valence-corrected chi connectivity index (χ3v) is 3.13. The van der Waals surface area contributed by atoms with Crippen LogP contribution in [-0.4, -0.2) is 35.3 Å². The molecule has 1 fully saturated rings. The van der Waals surface area contributed by atoms with Gasteiger partial charge in [-0.3, -0.25) is 19.7 Å². The van der Waals surface area contributed by atoms with Crippen LogP contribution in [0.5, 0.6) is 0 Å². The largest absolute Gasteiger partial charge is 0.370 e. The number of imide groups is 1. The van der Waals surface area contributed by atoms with Crippen molar-refractivity contribution in [2.45, 2.75) is 32.2 Å². The minimum Gasteiger partial charge on any atom is -0.370 e. The number of amides is 3. The van der Waals surface area contributed by atoms with Crippen LogP contribution in [-0.2, 0) is 9.59 Å². The average Bonchev–Trinajstić information content (AvgIpc) is 2.48. The molecule has 3 amide bonds. The molecule has 21 heavy (non-hydrogen) atoms. The fourth-order valence-electron chi connectivity index (χ4n) is 1.96. The molecule has 1 unspecified atom stereocenters. The smallest absolute Gasteiger partial charge is 0.253 e. The quantitative estimate of drug-likeness (QED) is 0.683. The van der Waals surface area contributed by atoms with E-state index in [0.717, 1.165) is 13.0 Å². The van der Waals surface area contributed by atoms with Crippen LogP contribution < -0.4 is 16.0 Å². The highest BCUT2D eigenvalue weighted by molar-refractivity contribution is 6.03. The molecule has 0 bridgehead atoms. The van der Waals surface area contributed by atoms with Crippen molar-refractivity contribution in [1.29, 1.82) is 0 Å². The van der Waals surface area contributed by atoms with Gasteiger partial charge in [0.1, 0.15) is 11.9 Å². The Morgan fingerprint density at radius 2 is 2.24 bits per heavy atom. The van der Waals surface area contributed by atoms with Crippen molar-refractivity contribution in [3.05, 3.63) is 23.9 Å². The van der Waals surface area contributed by atoms with Crippen LogP contribution >= 0.6 is 0 Å². The topological polar surface area (TPSA) is 100 Å². The highest BCUT2D eigenvalue weighted by Crippen LogP contribution is 2.08. The molecule has 0 aliphatic carbocycles. The van der Waals surface area contributed by atoms with Gasteiger partial charge in [0.05, 0.1) is 5.56 Å². The van der Waals surface area contributed by atoms with Crippen molar-refractivity contribution in [3.63, 3.8) is 0 Å². The summed E-state index contributed by atoms with van der Waals surface area (Å²) in [5.74, 6) is -0.444. The zero-order valence-corrected chi connectivity index (χ0v) is 11.8. The van der Waals surface area contributed by atoms with Gasteiger partial charge in [0.2, 0.25) is 11.8 Å². The molecule has 7 heteroatoms. The van der Waals surface area contributed by atoms with E-state index >= 15 is 0 Å². The number of anilines is 1. The van der Waals surface area contributed by atoms with Crippen LogP contribution in [0.3, 0.4) is 0 Å². The molecule has 1 saturated heterocycles. The Morgan fingerprint density at radius 3 is 2.86 bits per heavy atom. The molecule has 2 rings (SSSR count). The number of hydrogen-bond acceptors (Lipinski definition) is 5. The second-order valence-corrected chi connectivity index (χ2v) is 4.84. The lowest BCUT2D eigenvalue weighted by molar-refractivity contribution is -0.134. The predicted molar refractivity (Wildman–Crippen MR) is 76.7 cm³/mol. The molecular formula is C14H18N4O3. The lowest BCUT2D eigenvalue weighted by Crippen LogP contribution is -2.52. The lowest BCUT2D eigenvalue weighted by Gasteiger charge is -2.21. The normalized spacial score (nSPS) is 18.0. The van der Waals surface area contributed by atoms with E-state index in [1.807, 2.05) is 0 Å². The Morgan fingerprint density at radius 1 is 1.43 bits per heavy atom. The summed E-state index contributed by atoms with van der Waals surface area (Å²) in [4.78, 5) is 38.8. The summed E-state index contributed by atoms with van der Waals surface area (Å²) < 4.78 is 0. The molecule has 1 aromatic heterocycles. The number of nitrogens with one attached hydrogen (secondary N) is 3. The third-order valence-electron chi connectivity index (χ3n) is 3.13. The van der Waals surface area contributed by atoms with E-state index in [1.165, 1.54) is 6.20 Å². The number of pyridine rings is 1. The molecule has 1 aliphatic rings. The second kappa shape index (κ2) is 6.83. The van der Waals surface area contributed by atoms with Gasteiger partial charge < -0.3 is 10.6 Å². The molecule has 0 saturated carbocycles. The molecular weight excluding hydrogens is 272 g/mol. The minimum absolute atomic E-state index is 0.231. The third kappa shape index (κ3) is 4.01. The average molecular weight is 290 g/mol. The van der Waals surface area contributed by atoms with Crippen molar-refractivity contribution in [3.8, 4) is 0 Å². The number of piperidine rings is 1. The van der Waals surface area contributed by atoms with E-state index < -0.39 is 11.9 Å². The van der Waals surface area contributed by atoms with Gasteiger partial charge in [-0.2, -0.15) is 0 Å². The highest BCUT2D eigenvalue weighted by Gasteiger charge is 2.28. The first-order valence-electron chi connectivity index (χ1n) is 6.94. The number of rotatable bonds is 5. The van der Waals surface area contributed by atoms with E-state index in [-0.39, 0.29) is 18.2 Å². The number of nitrogens with zero attached hydrogens (tertiary/aromatic N) is 1. The van der Waals surface area contributed by atoms with Crippen molar-refractivity contribution >= 4 is 23.5 Å². The van der Waals surface area contributed by atoms with Gasteiger partial charge in [-0.15, -0.1) is 0 Å². The zero-order valence-electron chi connectivity index (χ0n) is 11.8. The molecule has 0 radical (unpaired) electrons. The molecule has 1 aromatic rings. The molecule has 1 atom stereocenters. The van der Waals surface area contributed by atoms with E-state index in [4.69, 9.17) is 0 Å². The Kier molecular flexibility index (Phi) is 4.86. The number of aromatic nitrogens is 1. The Hall–Kier alpha value is -2.44. The first-order chi connectivity index (χ1) is 10.1. The van der Waals surface area contributed by atoms with Crippen LogP contribution in [0.25, 0.3) is 0 Å². The maximum absolute atomic E-state index is 12.0. The predicted octanol–water partition coefficient (Wildman–Crippen LogP) is 0.438. The van der Waals surface area contributed by atoms with E-state index in [9.17, 15) is 14.4 Å². The van der Waals surface area contributed by atoms with Crippen molar-refractivity contribution in [2.24, 2.45) is 0 Å². The molecule has 2 heterocycles. The minimum atomic E-state index is -0.673. The summed E-state index contributed by atoms with van der Waals surface area (Å²) in [6.07, 6.45) is 2.99. The van der Waals surface area contributed by atoms with Crippen LogP contribution in [0.4, 0.5) is 5.82 Å². The van der Waals surface area contributed by atoms with Crippen LogP contribution in [0.1, 0.15) is 36.5 Å². The maximum atomic E-state index is 12.0. The van der Waals surface area contributed by atoms with Crippen molar-refractivity contribution < 1.29 is 14.4 Å². The fraction of sp³-hybridized carbons (Fsp3) is 0.429. The Labute approximate surface area is 122 Å². The van der Waals surface area contributed by atoms with Crippen LogP contribution in [0.2, 0.25) is 0 Å². The molecule has 112 valence electrons. The van der Waals surface area contributed by atoms with Gasteiger partial charge in [-0.1, -0.05) is 6.92 Å². The SMILES string of the molecule is CCCNc1ccc(C(=O)NC2CCC(=O)NC2=O)cn1. The first-order valence-corrected chi connectivity index (χ1v) is 6.94. The standard InChI is InChI=1S/C14H18N4O3/c1-2-7-15-11-5-3-9(8-16-11)13(20)17-10-4-6-12(19)18-14(10)21/h3,5,8,10H,2,4,6-7H2,1H3,(H,15,16)(H,17,20)(H,18,19,21). The molecule has 1 aliphatic heterocycles. The van der Waals surface area contributed by atoms with Crippen molar-refractivity contribution in [2.75, 3.05) is 11.9 Å². The van der Waals surface area contributed by atoms with Gasteiger partial charge in [0, 0.05) is 19.2 Å². The van der Waals surface area contributed by atoms with E-state index in [0.29, 0.717) is 17.8 Å². The molecule has 0 spiro atoms. The Bertz CT molecular complexity index is 542. The van der Waals surface area contributed by atoms with Gasteiger partial charge in [0.15, 0.2) is 0 Å². The number of carbonyl (C=O) groups excluding carboxylic acids is 3. The molecule has 7 nitrogen and oxygen atoms in total. The highest BCUT2D eigenvalue weighted by atomic mass is 16.2. The lowest BCUT2D eigenvalue weighted by atomic mass is 10.1. The number of carbonyl (C=O) groups is 3. The van der Waals surface area contributed by atoms with Gasteiger partial charge in [-0.25, -0.2) is 4.98 Å². The maximum Gasteiger partial charge on any atom is 0.253 e. The van der Waals surface area contributed by atoms with E-state index in [1.54, 1.807) is 12.1 Å². The first kappa shape index (κ1) is 15.0. The van der Waals surface area contributed by atoms with Gasteiger partial charge in [-0.05, 0) is 25.0 Å². The summed E-state index contributed by atoms with van der Waals surface area (Å²) in [6.45, 7) is 2.86. The van der Waals surface area contributed by atoms with Crippen LogP contribution in [0.15, 0.2) is 18.3 Å². The Balaban J connectivity index is 1.94. The van der Waals surface area contributed by atoms with E-state index in [2.05, 4.69) is 27.9 Å². The molecule has 0 aromatic carbocycles. The summed E-state index contributed by atoms with van der Waals surface area (Å²) in [5.41, 5.74) is 0.377. The van der Waals surface area contributed by atoms with Gasteiger partial charge in [0.25, 0.3) is 5.91 Å². The molecule has 3 N–H and O–H groups in total.